The number of cyclic esters (lactones) is 1. The molecule has 1 aliphatic rings. The summed E-state index contributed by atoms with van der Waals surface area (Å²) in [4.78, 5) is 25.7. The Morgan fingerprint density at radius 1 is 1.03 bits per heavy atom. The Kier molecular flexibility index (Phi) is 4.99. The van der Waals surface area contributed by atoms with Crippen LogP contribution in [0.25, 0.3) is 11.1 Å². The average molecular weight is 391 g/mol. The first-order valence-corrected chi connectivity index (χ1v) is 9.14. The van der Waals surface area contributed by atoms with Crippen molar-refractivity contribution >= 4 is 12.1 Å². The van der Waals surface area contributed by atoms with E-state index in [0.717, 1.165) is 11.1 Å². The van der Waals surface area contributed by atoms with Crippen LogP contribution in [0.3, 0.4) is 0 Å². The zero-order chi connectivity index (χ0) is 20.4. The maximum Gasteiger partial charge on any atom is 0.410 e. The quantitative estimate of drug-likeness (QED) is 0.673. The molecule has 0 aromatic heterocycles. The highest BCUT2D eigenvalue weighted by molar-refractivity contribution is 5.92. The van der Waals surface area contributed by atoms with Crippen molar-refractivity contribution in [2.75, 3.05) is 6.54 Å². The molecule has 0 saturated carbocycles. The molecular weight excluding hydrogens is 373 g/mol. The number of ether oxygens (including phenoxy) is 1. The minimum Gasteiger partial charge on any atom is -0.478 e. The maximum absolute atomic E-state index is 13.2. The molecule has 1 amide bonds. The van der Waals surface area contributed by atoms with E-state index in [2.05, 4.69) is 0 Å². The minimum atomic E-state index is -1.06. The Labute approximate surface area is 167 Å². The van der Waals surface area contributed by atoms with E-state index in [9.17, 15) is 19.1 Å². The molecule has 0 bridgehead atoms. The van der Waals surface area contributed by atoms with Crippen LogP contribution in [-0.2, 0) is 11.3 Å². The molecule has 29 heavy (non-hydrogen) atoms. The number of aromatic carboxylic acids is 1. The Morgan fingerprint density at radius 2 is 1.76 bits per heavy atom. The monoisotopic (exact) mass is 391 g/mol. The summed E-state index contributed by atoms with van der Waals surface area (Å²) in [6.45, 7) is 0.357. The van der Waals surface area contributed by atoms with Gasteiger partial charge in [-0.1, -0.05) is 54.6 Å². The molecule has 1 N–H and O–H groups in total. The van der Waals surface area contributed by atoms with E-state index in [1.165, 1.54) is 23.1 Å². The van der Waals surface area contributed by atoms with Crippen LogP contribution in [0.2, 0.25) is 0 Å². The molecule has 1 atom stereocenters. The van der Waals surface area contributed by atoms with Crippen LogP contribution in [0.5, 0.6) is 0 Å². The molecule has 1 fully saturated rings. The highest BCUT2D eigenvalue weighted by atomic mass is 19.1. The van der Waals surface area contributed by atoms with Gasteiger partial charge in [0, 0.05) is 0 Å². The summed E-state index contributed by atoms with van der Waals surface area (Å²) in [6, 6.07) is 20.3. The van der Waals surface area contributed by atoms with Crippen LogP contribution in [0, 0.1) is 5.82 Å². The molecule has 4 rings (SSSR count). The number of carbonyl (C=O) groups is 2. The van der Waals surface area contributed by atoms with Gasteiger partial charge in [-0.05, 0) is 40.5 Å². The number of hydrogen-bond acceptors (Lipinski definition) is 3. The van der Waals surface area contributed by atoms with Crippen LogP contribution >= 0.6 is 0 Å². The van der Waals surface area contributed by atoms with Crippen LogP contribution < -0.4 is 0 Å². The number of rotatable bonds is 5. The number of hydrogen-bond donors (Lipinski definition) is 1. The van der Waals surface area contributed by atoms with Gasteiger partial charge in [-0.15, -0.1) is 0 Å². The van der Waals surface area contributed by atoms with Gasteiger partial charge in [0.15, 0.2) is 0 Å². The lowest BCUT2D eigenvalue weighted by Gasteiger charge is -2.18. The third-order valence-electron chi connectivity index (χ3n) is 4.97. The van der Waals surface area contributed by atoms with Crippen LogP contribution in [0.4, 0.5) is 9.18 Å². The van der Waals surface area contributed by atoms with Gasteiger partial charge in [-0.25, -0.2) is 14.0 Å². The van der Waals surface area contributed by atoms with Gasteiger partial charge in [-0.2, -0.15) is 0 Å². The van der Waals surface area contributed by atoms with E-state index in [0.29, 0.717) is 11.1 Å². The van der Waals surface area contributed by atoms with E-state index in [4.69, 9.17) is 4.74 Å². The highest BCUT2D eigenvalue weighted by Gasteiger charge is 2.33. The Bertz CT molecular complexity index is 1050. The molecule has 3 aromatic carbocycles. The second kappa shape index (κ2) is 7.75. The van der Waals surface area contributed by atoms with Crippen molar-refractivity contribution in [3.8, 4) is 11.1 Å². The van der Waals surface area contributed by atoms with Crippen molar-refractivity contribution in [1.29, 1.82) is 0 Å². The molecule has 146 valence electrons. The van der Waals surface area contributed by atoms with E-state index < -0.39 is 18.2 Å². The third kappa shape index (κ3) is 3.82. The van der Waals surface area contributed by atoms with Crippen molar-refractivity contribution < 1.29 is 23.8 Å². The smallest absolute Gasteiger partial charge is 0.410 e. The topological polar surface area (TPSA) is 66.8 Å². The zero-order valence-electron chi connectivity index (χ0n) is 15.4. The number of carboxylic acids is 1. The van der Waals surface area contributed by atoms with Gasteiger partial charge in [-0.3, -0.25) is 4.90 Å². The van der Waals surface area contributed by atoms with Crippen molar-refractivity contribution in [1.82, 2.24) is 4.90 Å². The Balaban J connectivity index is 1.66. The van der Waals surface area contributed by atoms with E-state index >= 15 is 0 Å². The lowest BCUT2D eigenvalue weighted by molar-refractivity contribution is 0.0694. The first kappa shape index (κ1) is 18.7. The van der Waals surface area contributed by atoms with E-state index in [1.807, 2.05) is 36.4 Å². The van der Waals surface area contributed by atoms with E-state index in [1.54, 1.807) is 18.2 Å². The number of halogens is 1. The van der Waals surface area contributed by atoms with Gasteiger partial charge >= 0.3 is 12.1 Å². The van der Waals surface area contributed by atoms with Gasteiger partial charge in [0.2, 0.25) is 0 Å². The fraction of sp³-hybridized carbons (Fsp3) is 0.130. The second-order valence-electron chi connectivity index (χ2n) is 6.81. The van der Waals surface area contributed by atoms with Gasteiger partial charge in [0.1, 0.15) is 11.9 Å². The molecule has 0 aliphatic carbocycles. The Morgan fingerprint density at radius 3 is 2.45 bits per heavy atom. The summed E-state index contributed by atoms with van der Waals surface area (Å²) in [5, 5.41) is 9.66. The van der Waals surface area contributed by atoms with Crippen LogP contribution in [0.15, 0.2) is 72.8 Å². The number of amides is 1. The summed E-state index contributed by atoms with van der Waals surface area (Å²) in [7, 11) is 0. The predicted octanol–water partition coefficient (Wildman–Crippen LogP) is 4.88. The second-order valence-corrected chi connectivity index (χ2v) is 6.81. The van der Waals surface area contributed by atoms with Crippen LogP contribution in [-0.4, -0.2) is 28.6 Å². The molecule has 1 heterocycles. The summed E-state index contributed by atoms with van der Waals surface area (Å²) in [5.41, 5.74) is 3.00. The lowest BCUT2D eigenvalue weighted by Crippen LogP contribution is -2.25. The summed E-state index contributed by atoms with van der Waals surface area (Å²) in [6.07, 6.45) is -1.06. The molecule has 0 radical (unpaired) electrons. The normalized spacial score (nSPS) is 16.0. The number of nitrogens with zero attached hydrogens (tertiary/aromatic N) is 1. The standard InChI is InChI=1S/C23H18FNO4/c24-17-11-9-16(10-12-17)21-14-25(23(28)29-21)13-20-18(15-5-2-1-3-6-15)7-4-8-19(20)22(26)27/h1-12,21H,13-14H2,(H,26,27). The van der Waals surface area contributed by atoms with Gasteiger partial charge in [0.05, 0.1) is 18.7 Å². The first-order chi connectivity index (χ1) is 14.0. The number of carbonyl (C=O) groups excluding carboxylic acids is 1. The maximum atomic E-state index is 13.2. The van der Waals surface area contributed by atoms with Gasteiger partial charge in [0.25, 0.3) is 0 Å². The third-order valence-corrected chi connectivity index (χ3v) is 4.97. The van der Waals surface area contributed by atoms with Crippen molar-refractivity contribution in [3.05, 3.63) is 95.3 Å². The van der Waals surface area contributed by atoms with Gasteiger partial charge < -0.3 is 9.84 Å². The predicted molar refractivity (Wildman–Crippen MR) is 105 cm³/mol. The zero-order valence-corrected chi connectivity index (χ0v) is 15.4. The fourth-order valence-electron chi connectivity index (χ4n) is 3.52. The lowest BCUT2D eigenvalue weighted by atomic mass is 9.95. The Hall–Kier alpha value is -3.67. The average Bonchev–Trinajstić information content (AvgIpc) is 3.09. The van der Waals surface area contributed by atoms with Crippen molar-refractivity contribution in [2.24, 2.45) is 0 Å². The molecule has 6 heteroatoms. The first-order valence-electron chi connectivity index (χ1n) is 9.14. The SMILES string of the molecule is O=C(O)c1cccc(-c2ccccc2)c1CN1CC(c2ccc(F)cc2)OC1=O. The number of carboxylic acid groups (broad SMARTS) is 1. The molecule has 1 unspecified atom stereocenters. The molecular formula is C23H18FNO4. The highest BCUT2D eigenvalue weighted by Crippen LogP contribution is 2.32. The summed E-state index contributed by atoms with van der Waals surface area (Å²) in [5.74, 6) is -1.42. The molecule has 1 saturated heterocycles. The largest absolute Gasteiger partial charge is 0.478 e. The minimum absolute atomic E-state index is 0.100. The summed E-state index contributed by atoms with van der Waals surface area (Å²) < 4.78 is 18.6. The molecule has 0 spiro atoms. The summed E-state index contributed by atoms with van der Waals surface area (Å²) >= 11 is 0. The fourth-order valence-corrected chi connectivity index (χ4v) is 3.52. The molecule has 1 aliphatic heterocycles. The molecule has 3 aromatic rings. The van der Waals surface area contributed by atoms with Crippen molar-refractivity contribution in [2.45, 2.75) is 12.6 Å². The number of benzene rings is 3. The molecule has 5 nitrogen and oxygen atoms in total. The van der Waals surface area contributed by atoms with E-state index in [-0.39, 0.29) is 24.5 Å². The van der Waals surface area contributed by atoms with Crippen molar-refractivity contribution in [3.63, 3.8) is 0 Å². The van der Waals surface area contributed by atoms with Crippen LogP contribution in [0.1, 0.15) is 27.6 Å².